The van der Waals surface area contributed by atoms with Crippen LogP contribution in [0.5, 0.6) is 0 Å². The van der Waals surface area contributed by atoms with Gasteiger partial charge in [0.2, 0.25) is 0 Å². The van der Waals surface area contributed by atoms with E-state index in [1.54, 1.807) is 7.11 Å². The fourth-order valence-electron chi connectivity index (χ4n) is 1.94. The monoisotopic (exact) mass is 263 g/mol. The van der Waals surface area contributed by atoms with Crippen molar-refractivity contribution < 1.29 is 4.74 Å². The number of methoxy groups -OCH3 is 1. The van der Waals surface area contributed by atoms with Gasteiger partial charge in [-0.1, -0.05) is 37.3 Å². The highest BCUT2D eigenvalue weighted by atomic mass is 32.1. The molecule has 0 radical (unpaired) electrons. The van der Waals surface area contributed by atoms with Crippen molar-refractivity contribution in [3.05, 3.63) is 35.1 Å². The van der Waals surface area contributed by atoms with Gasteiger partial charge in [0.25, 0.3) is 0 Å². The normalized spacial score (nSPS) is 12.6. The predicted molar refractivity (Wildman–Crippen MR) is 73.9 cm³/mol. The Labute approximate surface area is 112 Å². The minimum absolute atomic E-state index is 0.391. The van der Waals surface area contributed by atoms with Gasteiger partial charge in [0.15, 0.2) is 10.6 Å². The van der Waals surface area contributed by atoms with Crippen molar-refractivity contribution in [3.8, 4) is 11.4 Å². The summed E-state index contributed by atoms with van der Waals surface area (Å²) in [6.45, 7) is 3.64. The number of nitrogens with one attached hydrogen (secondary N) is 1. The third-order valence-electron chi connectivity index (χ3n) is 2.74. The molecule has 1 unspecified atom stereocenters. The quantitative estimate of drug-likeness (QED) is 0.843. The van der Waals surface area contributed by atoms with Gasteiger partial charge in [-0.2, -0.15) is 5.10 Å². The number of H-pyrrole nitrogens is 1. The number of aromatic nitrogens is 3. The summed E-state index contributed by atoms with van der Waals surface area (Å²) in [7, 11) is 1.71. The van der Waals surface area contributed by atoms with Crippen LogP contribution < -0.4 is 0 Å². The third kappa shape index (κ3) is 2.86. The molecular weight excluding hydrogens is 246 g/mol. The zero-order valence-electron chi connectivity index (χ0n) is 10.6. The van der Waals surface area contributed by atoms with Gasteiger partial charge in [0.1, 0.15) is 0 Å². The molecule has 1 heterocycles. The second-order valence-corrected chi connectivity index (χ2v) is 4.78. The number of nitrogens with zero attached hydrogens (tertiary/aromatic N) is 2. The fraction of sp³-hybridized carbons (Fsp3) is 0.385. The molecule has 2 rings (SSSR count). The Morgan fingerprint density at radius 2 is 2.11 bits per heavy atom. The van der Waals surface area contributed by atoms with Crippen molar-refractivity contribution in [2.75, 3.05) is 13.7 Å². The smallest absolute Gasteiger partial charge is 0.195 e. The van der Waals surface area contributed by atoms with Gasteiger partial charge in [0.05, 0.1) is 6.61 Å². The number of benzene rings is 1. The van der Waals surface area contributed by atoms with Gasteiger partial charge >= 0.3 is 0 Å². The van der Waals surface area contributed by atoms with E-state index >= 15 is 0 Å². The molecule has 0 saturated carbocycles. The van der Waals surface area contributed by atoms with E-state index in [0.29, 0.717) is 17.3 Å². The largest absolute Gasteiger partial charge is 0.384 e. The molecule has 0 saturated heterocycles. The van der Waals surface area contributed by atoms with Crippen LogP contribution in [0.1, 0.15) is 6.92 Å². The first-order chi connectivity index (χ1) is 8.72. The highest BCUT2D eigenvalue weighted by molar-refractivity contribution is 7.71. The zero-order chi connectivity index (χ0) is 13.0. The first-order valence-electron chi connectivity index (χ1n) is 5.92. The first-order valence-corrected chi connectivity index (χ1v) is 6.32. The second kappa shape index (κ2) is 5.93. The predicted octanol–water partition coefficient (Wildman–Crippen LogP) is 2.89. The summed E-state index contributed by atoms with van der Waals surface area (Å²) in [5.74, 6) is 1.27. The summed E-state index contributed by atoms with van der Waals surface area (Å²) in [5, 5.41) is 7.16. The first kappa shape index (κ1) is 13.0. The average Bonchev–Trinajstić information content (AvgIpc) is 2.73. The Morgan fingerprint density at radius 3 is 2.78 bits per heavy atom. The van der Waals surface area contributed by atoms with Gasteiger partial charge in [-0.25, -0.2) is 0 Å². The van der Waals surface area contributed by atoms with Crippen LogP contribution >= 0.6 is 12.2 Å². The lowest BCUT2D eigenvalue weighted by Gasteiger charge is -2.12. The standard InChI is InChI=1S/C13H17N3OS/c1-10(9-17-2)8-16-12(14-15-13(16)18)11-6-4-3-5-7-11/h3-7,10H,8-9H2,1-2H3,(H,15,18). The lowest BCUT2D eigenvalue weighted by Crippen LogP contribution is -2.13. The van der Waals surface area contributed by atoms with Crippen LogP contribution in [0.15, 0.2) is 30.3 Å². The number of rotatable bonds is 5. The molecular formula is C13H17N3OS. The Kier molecular flexibility index (Phi) is 4.28. The molecule has 0 spiro atoms. The molecule has 0 aliphatic carbocycles. The van der Waals surface area contributed by atoms with E-state index in [1.807, 2.05) is 34.9 Å². The van der Waals surface area contributed by atoms with Gasteiger partial charge in [0, 0.05) is 19.2 Å². The summed E-state index contributed by atoms with van der Waals surface area (Å²) >= 11 is 5.28. The lowest BCUT2D eigenvalue weighted by atomic mass is 10.2. The number of hydrogen-bond donors (Lipinski definition) is 1. The van der Waals surface area contributed by atoms with E-state index in [2.05, 4.69) is 17.1 Å². The molecule has 1 aromatic carbocycles. The molecule has 0 fully saturated rings. The maximum Gasteiger partial charge on any atom is 0.195 e. The van der Waals surface area contributed by atoms with Crippen LogP contribution in [-0.2, 0) is 11.3 Å². The highest BCUT2D eigenvalue weighted by Gasteiger charge is 2.11. The van der Waals surface area contributed by atoms with E-state index in [4.69, 9.17) is 17.0 Å². The molecule has 0 amide bonds. The van der Waals surface area contributed by atoms with Crippen molar-refractivity contribution in [2.45, 2.75) is 13.5 Å². The van der Waals surface area contributed by atoms with Gasteiger partial charge in [-0.3, -0.25) is 9.67 Å². The molecule has 4 nitrogen and oxygen atoms in total. The fourth-order valence-corrected chi connectivity index (χ4v) is 2.15. The minimum atomic E-state index is 0.391. The van der Waals surface area contributed by atoms with Crippen molar-refractivity contribution in [1.82, 2.24) is 14.8 Å². The van der Waals surface area contributed by atoms with Crippen LogP contribution in [0.25, 0.3) is 11.4 Å². The van der Waals surface area contributed by atoms with Crippen LogP contribution in [0.4, 0.5) is 0 Å². The summed E-state index contributed by atoms with van der Waals surface area (Å²) in [6.07, 6.45) is 0. The summed E-state index contributed by atoms with van der Waals surface area (Å²) in [6, 6.07) is 10.0. The molecule has 1 N–H and O–H groups in total. The van der Waals surface area contributed by atoms with Crippen LogP contribution in [-0.4, -0.2) is 28.5 Å². The van der Waals surface area contributed by atoms with Gasteiger partial charge < -0.3 is 4.74 Å². The van der Waals surface area contributed by atoms with E-state index in [0.717, 1.165) is 17.9 Å². The van der Waals surface area contributed by atoms with Crippen molar-refractivity contribution in [1.29, 1.82) is 0 Å². The molecule has 18 heavy (non-hydrogen) atoms. The van der Waals surface area contributed by atoms with E-state index in [9.17, 15) is 0 Å². The number of hydrogen-bond acceptors (Lipinski definition) is 3. The van der Waals surface area contributed by atoms with E-state index < -0.39 is 0 Å². The van der Waals surface area contributed by atoms with Crippen molar-refractivity contribution in [2.24, 2.45) is 5.92 Å². The molecule has 96 valence electrons. The molecule has 5 heteroatoms. The van der Waals surface area contributed by atoms with Crippen LogP contribution in [0.3, 0.4) is 0 Å². The Morgan fingerprint density at radius 1 is 1.39 bits per heavy atom. The molecule has 1 atom stereocenters. The second-order valence-electron chi connectivity index (χ2n) is 4.39. The third-order valence-corrected chi connectivity index (χ3v) is 3.05. The SMILES string of the molecule is COCC(C)Cn1c(-c2ccccc2)n[nH]c1=S. The molecule has 0 bridgehead atoms. The topological polar surface area (TPSA) is 42.8 Å². The molecule has 1 aromatic heterocycles. The maximum atomic E-state index is 5.28. The molecule has 0 aliphatic rings. The summed E-state index contributed by atoms with van der Waals surface area (Å²) < 4.78 is 7.83. The number of ether oxygens (including phenoxy) is 1. The molecule has 0 aliphatic heterocycles. The van der Waals surface area contributed by atoms with E-state index in [-0.39, 0.29) is 0 Å². The van der Waals surface area contributed by atoms with E-state index in [1.165, 1.54) is 0 Å². The average molecular weight is 263 g/mol. The summed E-state index contributed by atoms with van der Waals surface area (Å²) in [5.41, 5.74) is 1.06. The van der Waals surface area contributed by atoms with Crippen LogP contribution in [0, 0.1) is 10.7 Å². The van der Waals surface area contributed by atoms with Crippen molar-refractivity contribution in [3.63, 3.8) is 0 Å². The number of aromatic amines is 1. The van der Waals surface area contributed by atoms with Crippen molar-refractivity contribution >= 4 is 12.2 Å². The Bertz CT molecular complexity index is 547. The Hall–Kier alpha value is -1.46. The van der Waals surface area contributed by atoms with Gasteiger partial charge in [-0.05, 0) is 18.1 Å². The lowest BCUT2D eigenvalue weighted by molar-refractivity contribution is 0.151. The zero-order valence-corrected chi connectivity index (χ0v) is 11.4. The molecule has 2 aromatic rings. The van der Waals surface area contributed by atoms with Gasteiger partial charge in [-0.15, -0.1) is 0 Å². The highest BCUT2D eigenvalue weighted by Crippen LogP contribution is 2.17. The minimum Gasteiger partial charge on any atom is -0.384 e. The van der Waals surface area contributed by atoms with Crippen LogP contribution in [0.2, 0.25) is 0 Å². The summed E-state index contributed by atoms with van der Waals surface area (Å²) in [4.78, 5) is 0. The Balaban J connectivity index is 2.31. The maximum absolute atomic E-state index is 5.28.